The molecule has 1 N–H and O–H groups in total. The Kier molecular flexibility index (Phi) is 4.53. The summed E-state index contributed by atoms with van der Waals surface area (Å²) in [5.74, 6) is 0.606. The molecule has 1 aliphatic heterocycles. The molecule has 4 rings (SSSR count). The monoisotopic (exact) mass is 382 g/mol. The summed E-state index contributed by atoms with van der Waals surface area (Å²) in [6, 6.07) is 13.8. The summed E-state index contributed by atoms with van der Waals surface area (Å²) in [5, 5.41) is 8.99. The quantitative estimate of drug-likeness (QED) is 0.722. The number of carbonyl (C=O) groups is 1. The van der Waals surface area contributed by atoms with Gasteiger partial charge in [-0.1, -0.05) is 35.9 Å². The molecule has 2 heterocycles. The Morgan fingerprint density at radius 3 is 2.96 bits per heavy atom. The van der Waals surface area contributed by atoms with Gasteiger partial charge in [0.15, 0.2) is 0 Å². The fourth-order valence-electron chi connectivity index (χ4n) is 2.81. The number of carbonyl (C=O) groups excluding carboxylic acids is 1. The van der Waals surface area contributed by atoms with E-state index < -0.39 is 0 Å². The Balaban J connectivity index is 1.64. The fourth-order valence-corrected chi connectivity index (χ4v) is 3.79. The summed E-state index contributed by atoms with van der Waals surface area (Å²) in [6.45, 7) is 0.617. The van der Waals surface area contributed by atoms with Crippen molar-refractivity contribution in [1.29, 1.82) is 0 Å². The first-order valence-corrected chi connectivity index (χ1v) is 9.20. The smallest absolute Gasteiger partial charge is 0.289 e. The predicted molar refractivity (Wildman–Crippen MR) is 108 cm³/mol. The lowest BCUT2D eigenvalue weighted by Gasteiger charge is -2.03. The molecule has 2 aromatic carbocycles. The number of benzene rings is 2. The van der Waals surface area contributed by atoms with E-state index in [-0.39, 0.29) is 5.24 Å². The number of nitrogens with zero attached hydrogens (tertiary/aromatic N) is 3. The van der Waals surface area contributed by atoms with E-state index >= 15 is 0 Å². The Bertz CT molecular complexity index is 1070. The number of nitrogens with one attached hydrogen (secondary N) is 1. The number of aromatic nitrogens is 2. The van der Waals surface area contributed by atoms with E-state index in [1.807, 2.05) is 53.4 Å². The van der Waals surface area contributed by atoms with Crippen LogP contribution in [0.25, 0.3) is 17.0 Å². The van der Waals surface area contributed by atoms with Gasteiger partial charge >= 0.3 is 0 Å². The maximum absolute atomic E-state index is 11.5. The van der Waals surface area contributed by atoms with E-state index in [9.17, 15) is 4.79 Å². The van der Waals surface area contributed by atoms with Crippen LogP contribution in [0.1, 0.15) is 11.1 Å². The maximum Gasteiger partial charge on any atom is 0.289 e. The van der Waals surface area contributed by atoms with Gasteiger partial charge in [0.05, 0.1) is 17.0 Å². The average molecular weight is 383 g/mol. The summed E-state index contributed by atoms with van der Waals surface area (Å²) in [7, 11) is 1.66. The van der Waals surface area contributed by atoms with Crippen molar-refractivity contribution in [3.05, 3.63) is 69.7 Å². The third kappa shape index (κ3) is 3.38. The fraction of sp³-hybridized carbons (Fsp3) is 0.105. The molecule has 1 aromatic heterocycles. The second kappa shape index (κ2) is 6.97. The van der Waals surface area contributed by atoms with Crippen molar-refractivity contribution < 1.29 is 4.79 Å². The average Bonchev–Trinajstić information content (AvgIpc) is 3.19. The zero-order chi connectivity index (χ0) is 18.1. The largest absolute Gasteiger partial charge is 0.300 e. The first-order valence-electron chi connectivity index (χ1n) is 8.01. The lowest BCUT2D eigenvalue weighted by Crippen LogP contribution is -2.18. The molecular weight excluding hydrogens is 368 g/mol. The summed E-state index contributed by atoms with van der Waals surface area (Å²) in [4.78, 5) is 16.5. The highest BCUT2D eigenvalue weighted by Crippen LogP contribution is 2.27. The second-order valence-electron chi connectivity index (χ2n) is 5.83. The third-order valence-corrected chi connectivity index (χ3v) is 5.23. The van der Waals surface area contributed by atoms with Crippen molar-refractivity contribution >= 4 is 51.4 Å². The van der Waals surface area contributed by atoms with Crippen LogP contribution >= 0.6 is 23.4 Å². The molecule has 0 aliphatic carbocycles. The molecule has 7 heteroatoms. The van der Waals surface area contributed by atoms with Gasteiger partial charge < -0.3 is 5.32 Å². The van der Waals surface area contributed by atoms with Crippen molar-refractivity contribution in [3.63, 3.8) is 0 Å². The lowest BCUT2D eigenvalue weighted by atomic mass is 10.1. The van der Waals surface area contributed by atoms with Gasteiger partial charge in [0, 0.05) is 23.7 Å². The van der Waals surface area contributed by atoms with Gasteiger partial charge in [0.2, 0.25) is 0 Å². The number of thioether (sulfide) groups is 1. The van der Waals surface area contributed by atoms with Crippen LogP contribution in [0.15, 0.2) is 58.6 Å². The van der Waals surface area contributed by atoms with Gasteiger partial charge in [0.1, 0.15) is 5.84 Å². The molecule has 0 spiro atoms. The predicted octanol–water partition coefficient (Wildman–Crippen LogP) is 4.56. The molecule has 0 atom stereocenters. The van der Waals surface area contributed by atoms with Crippen LogP contribution in [0.2, 0.25) is 5.02 Å². The molecule has 26 heavy (non-hydrogen) atoms. The minimum absolute atomic E-state index is 0.106. The van der Waals surface area contributed by atoms with E-state index in [2.05, 4.69) is 21.5 Å². The van der Waals surface area contributed by atoms with E-state index in [0.29, 0.717) is 12.4 Å². The van der Waals surface area contributed by atoms with Crippen molar-refractivity contribution in [3.8, 4) is 0 Å². The Morgan fingerprint density at radius 1 is 1.31 bits per heavy atom. The summed E-state index contributed by atoms with van der Waals surface area (Å²) >= 11 is 7.39. The Labute approximate surface area is 159 Å². The standard InChI is InChI=1S/C19H15ClN4OS/c1-21-18-17(26-19(25)22-18)9-12-6-7-16-14(8-12)11-24(23-16)10-13-4-2-3-5-15(13)20/h2-9,11H,10H2,1H3,(H,21,22,25)/b17-9-. The number of amides is 1. The van der Waals surface area contributed by atoms with Gasteiger partial charge in [-0.2, -0.15) is 5.10 Å². The number of rotatable bonds is 3. The van der Waals surface area contributed by atoms with Crippen LogP contribution in [0.3, 0.4) is 0 Å². The van der Waals surface area contributed by atoms with E-state index in [0.717, 1.165) is 43.7 Å². The molecule has 3 aromatic rings. The molecular formula is C19H15ClN4OS. The normalized spacial score (nSPS) is 17.4. The molecule has 130 valence electrons. The highest BCUT2D eigenvalue weighted by Gasteiger charge is 2.22. The molecule has 0 radical (unpaired) electrons. The number of hydrogen-bond donors (Lipinski definition) is 1. The van der Waals surface area contributed by atoms with Crippen LogP contribution in [0, 0.1) is 0 Å². The third-order valence-electron chi connectivity index (χ3n) is 4.04. The summed E-state index contributed by atoms with van der Waals surface area (Å²) in [5.41, 5.74) is 2.94. The van der Waals surface area contributed by atoms with Crippen molar-refractivity contribution in [1.82, 2.24) is 15.1 Å². The molecule has 1 fully saturated rings. The summed E-state index contributed by atoms with van der Waals surface area (Å²) in [6.07, 6.45) is 3.95. The highest BCUT2D eigenvalue weighted by molar-refractivity contribution is 8.18. The molecule has 0 saturated carbocycles. The van der Waals surface area contributed by atoms with Crippen LogP contribution < -0.4 is 5.32 Å². The van der Waals surface area contributed by atoms with Gasteiger partial charge in [-0.25, -0.2) is 0 Å². The zero-order valence-corrected chi connectivity index (χ0v) is 15.5. The van der Waals surface area contributed by atoms with Crippen molar-refractivity contribution in [2.75, 3.05) is 7.05 Å². The number of halogens is 1. The van der Waals surface area contributed by atoms with Crippen molar-refractivity contribution in [2.45, 2.75) is 6.54 Å². The molecule has 1 aliphatic rings. The van der Waals surface area contributed by atoms with E-state index in [1.54, 1.807) is 7.05 Å². The molecule has 5 nitrogen and oxygen atoms in total. The van der Waals surface area contributed by atoms with Crippen LogP contribution in [-0.4, -0.2) is 27.9 Å². The lowest BCUT2D eigenvalue weighted by molar-refractivity contribution is 0.265. The van der Waals surface area contributed by atoms with Gasteiger partial charge in [0.25, 0.3) is 5.24 Å². The SMILES string of the molecule is CN=C1NC(=O)S/C1=C\c1ccc2nn(Cc3ccccc3Cl)cc2c1. The van der Waals surface area contributed by atoms with E-state index in [4.69, 9.17) is 11.6 Å². The first-order chi connectivity index (χ1) is 12.6. The van der Waals surface area contributed by atoms with Crippen LogP contribution in [-0.2, 0) is 6.54 Å². The minimum atomic E-state index is -0.106. The van der Waals surface area contributed by atoms with Crippen LogP contribution in [0.4, 0.5) is 4.79 Å². The summed E-state index contributed by atoms with van der Waals surface area (Å²) < 4.78 is 1.89. The number of fused-ring (bicyclic) bond motifs is 1. The van der Waals surface area contributed by atoms with E-state index in [1.165, 1.54) is 0 Å². The first kappa shape index (κ1) is 16.9. The van der Waals surface area contributed by atoms with Crippen LogP contribution in [0.5, 0.6) is 0 Å². The van der Waals surface area contributed by atoms with Gasteiger partial charge in [-0.3, -0.25) is 14.5 Å². The number of hydrogen-bond acceptors (Lipinski definition) is 4. The highest BCUT2D eigenvalue weighted by atomic mass is 35.5. The maximum atomic E-state index is 11.5. The molecule has 0 unspecified atom stereocenters. The van der Waals surface area contributed by atoms with Gasteiger partial charge in [-0.15, -0.1) is 0 Å². The molecule has 0 bridgehead atoms. The number of amidine groups is 1. The topological polar surface area (TPSA) is 59.3 Å². The van der Waals surface area contributed by atoms with Crippen molar-refractivity contribution in [2.24, 2.45) is 4.99 Å². The molecule has 1 saturated heterocycles. The number of aliphatic imine (C=N–C) groups is 1. The Hall–Kier alpha value is -2.57. The second-order valence-corrected chi connectivity index (χ2v) is 7.25. The molecule has 1 amide bonds. The Morgan fingerprint density at radius 2 is 2.15 bits per heavy atom. The minimum Gasteiger partial charge on any atom is -0.300 e. The zero-order valence-electron chi connectivity index (χ0n) is 13.9. The van der Waals surface area contributed by atoms with Gasteiger partial charge in [-0.05, 0) is 47.2 Å².